The molecule has 0 bridgehead atoms. The van der Waals surface area contributed by atoms with Gasteiger partial charge in [-0.05, 0) is 25.1 Å². The summed E-state index contributed by atoms with van der Waals surface area (Å²) in [6.45, 7) is 6.85. The van der Waals surface area contributed by atoms with E-state index in [1.165, 1.54) is 10.9 Å². The molecule has 1 saturated heterocycles. The highest BCUT2D eigenvalue weighted by Crippen LogP contribution is 2.23. The second-order valence-corrected chi connectivity index (χ2v) is 6.66. The zero-order valence-electron chi connectivity index (χ0n) is 16.8. The van der Waals surface area contributed by atoms with Crippen LogP contribution in [0.2, 0.25) is 0 Å². The Morgan fingerprint density at radius 3 is 2.86 bits per heavy atom. The molecule has 3 rings (SSSR count). The van der Waals surface area contributed by atoms with Gasteiger partial charge in [-0.2, -0.15) is 5.10 Å². The number of nitrogens with zero attached hydrogens (tertiary/aromatic N) is 3. The summed E-state index contributed by atoms with van der Waals surface area (Å²) in [6.07, 6.45) is 1.50. The van der Waals surface area contributed by atoms with Crippen LogP contribution in [-0.2, 0) is 11.8 Å². The molecule has 0 unspecified atom stereocenters. The molecule has 1 fully saturated rings. The lowest BCUT2D eigenvalue weighted by atomic mass is 10.2. The van der Waals surface area contributed by atoms with E-state index in [0.29, 0.717) is 30.2 Å². The molecule has 1 aromatic heterocycles. The van der Waals surface area contributed by atoms with Gasteiger partial charge in [0.25, 0.3) is 11.5 Å². The number of rotatable bonds is 8. The molecule has 0 aliphatic carbocycles. The molecule has 1 amide bonds. The molecule has 9 nitrogen and oxygen atoms in total. The predicted octanol–water partition coefficient (Wildman–Crippen LogP) is 0.985. The molecule has 1 aliphatic rings. The first-order chi connectivity index (χ1) is 14.1. The smallest absolute Gasteiger partial charge is 0.294 e. The summed E-state index contributed by atoms with van der Waals surface area (Å²) in [6, 6.07) is 7.01. The Bertz CT molecular complexity index is 893. The van der Waals surface area contributed by atoms with Crippen LogP contribution in [0.25, 0.3) is 0 Å². The summed E-state index contributed by atoms with van der Waals surface area (Å²) < 4.78 is 12.1. The van der Waals surface area contributed by atoms with Crippen molar-refractivity contribution in [1.29, 1.82) is 0 Å². The third-order valence-corrected chi connectivity index (χ3v) is 4.61. The van der Waals surface area contributed by atoms with Gasteiger partial charge in [-0.3, -0.25) is 14.5 Å². The first-order valence-electron chi connectivity index (χ1n) is 9.73. The van der Waals surface area contributed by atoms with Gasteiger partial charge in [-0.25, -0.2) is 4.68 Å². The van der Waals surface area contributed by atoms with Gasteiger partial charge in [0.1, 0.15) is 0 Å². The number of hydrogen-bond acceptors (Lipinski definition) is 7. The van der Waals surface area contributed by atoms with Crippen molar-refractivity contribution in [2.45, 2.75) is 6.92 Å². The lowest BCUT2D eigenvalue weighted by molar-refractivity contribution is 0.0383. The number of ether oxygens (including phenoxy) is 2. The van der Waals surface area contributed by atoms with Crippen molar-refractivity contribution in [3.63, 3.8) is 0 Å². The zero-order valence-corrected chi connectivity index (χ0v) is 16.8. The van der Waals surface area contributed by atoms with Crippen molar-refractivity contribution < 1.29 is 14.3 Å². The maximum atomic E-state index is 12.5. The Morgan fingerprint density at radius 2 is 2.10 bits per heavy atom. The van der Waals surface area contributed by atoms with Crippen LogP contribution >= 0.6 is 0 Å². The fourth-order valence-electron chi connectivity index (χ4n) is 3.04. The molecular formula is C20H27N5O4. The number of aryl methyl sites for hydroxylation is 1. The zero-order chi connectivity index (χ0) is 20.6. The van der Waals surface area contributed by atoms with Crippen molar-refractivity contribution in [3.05, 3.63) is 46.4 Å². The summed E-state index contributed by atoms with van der Waals surface area (Å²) in [4.78, 5) is 27.2. The lowest BCUT2D eigenvalue weighted by Gasteiger charge is -2.26. The minimum absolute atomic E-state index is 0.158. The molecular weight excluding hydrogens is 374 g/mol. The Hall–Kier alpha value is -2.91. The molecule has 0 radical (unpaired) electrons. The van der Waals surface area contributed by atoms with Gasteiger partial charge in [0, 0.05) is 44.5 Å². The highest BCUT2D eigenvalue weighted by Gasteiger charge is 2.14. The number of nitrogens with one attached hydrogen (secondary N) is 2. The largest absolute Gasteiger partial charge is 0.490 e. The van der Waals surface area contributed by atoms with Crippen LogP contribution in [0.15, 0.2) is 35.3 Å². The molecule has 2 aromatic rings. The van der Waals surface area contributed by atoms with Gasteiger partial charge in [0.2, 0.25) is 0 Å². The summed E-state index contributed by atoms with van der Waals surface area (Å²) in [7, 11) is 1.57. The number of hydrogen-bond donors (Lipinski definition) is 2. The predicted molar refractivity (Wildman–Crippen MR) is 110 cm³/mol. The third kappa shape index (κ3) is 5.55. The van der Waals surface area contributed by atoms with Crippen LogP contribution in [0, 0.1) is 0 Å². The number of amides is 1. The lowest BCUT2D eigenvalue weighted by Crippen LogP contribution is -2.41. The van der Waals surface area contributed by atoms with E-state index in [4.69, 9.17) is 9.47 Å². The maximum Gasteiger partial charge on any atom is 0.294 e. The summed E-state index contributed by atoms with van der Waals surface area (Å²) >= 11 is 0. The molecule has 9 heteroatoms. The highest BCUT2D eigenvalue weighted by atomic mass is 16.5. The van der Waals surface area contributed by atoms with Gasteiger partial charge in [0.15, 0.2) is 11.4 Å². The van der Waals surface area contributed by atoms with Crippen molar-refractivity contribution in [2.24, 2.45) is 7.05 Å². The fourth-order valence-corrected chi connectivity index (χ4v) is 3.04. The number of anilines is 2. The van der Waals surface area contributed by atoms with Crippen LogP contribution in [0.4, 0.5) is 11.4 Å². The second kappa shape index (κ2) is 10.0. The molecule has 156 valence electrons. The number of carbonyl (C=O) groups is 1. The Morgan fingerprint density at radius 1 is 1.31 bits per heavy atom. The van der Waals surface area contributed by atoms with E-state index < -0.39 is 0 Å². The minimum atomic E-state index is -0.309. The van der Waals surface area contributed by atoms with Crippen molar-refractivity contribution >= 4 is 17.3 Å². The van der Waals surface area contributed by atoms with Crippen molar-refractivity contribution in [3.8, 4) is 5.75 Å². The molecule has 1 aliphatic heterocycles. The normalized spacial score (nSPS) is 14.4. The Labute approximate surface area is 169 Å². The average molecular weight is 401 g/mol. The number of carbonyl (C=O) groups excluding carboxylic acids is 1. The van der Waals surface area contributed by atoms with E-state index in [2.05, 4.69) is 20.6 Å². The monoisotopic (exact) mass is 401 g/mol. The maximum absolute atomic E-state index is 12.5. The molecule has 29 heavy (non-hydrogen) atoms. The topological polar surface area (TPSA) is 97.7 Å². The van der Waals surface area contributed by atoms with E-state index in [1.807, 2.05) is 6.92 Å². The molecule has 2 N–H and O–H groups in total. The average Bonchev–Trinajstić information content (AvgIpc) is 2.74. The van der Waals surface area contributed by atoms with Gasteiger partial charge < -0.3 is 20.1 Å². The molecule has 0 spiro atoms. The van der Waals surface area contributed by atoms with E-state index in [9.17, 15) is 9.59 Å². The van der Waals surface area contributed by atoms with E-state index >= 15 is 0 Å². The van der Waals surface area contributed by atoms with Crippen LogP contribution in [0.3, 0.4) is 0 Å². The highest BCUT2D eigenvalue weighted by molar-refractivity contribution is 5.95. The molecule has 0 atom stereocenters. The van der Waals surface area contributed by atoms with Crippen LogP contribution in [0.5, 0.6) is 5.75 Å². The van der Waals surface area contributed by atoms with E-state index in [-0.39, 0.29) is 17.2 Å². The SMILES string of the molecule is CCOc1cnn(C)c(=O)c1Nc1cccc(C(=O)NCCN2CCOCC2)c1. The second-order valence-electron chi connectivity index (χ2n) is 6.66. The number of aromatic nitrogens is 2. The quantitative estimate of drug-likeness (QED) is 0.681. The first kappa shape index (κ1) is 20.8. The summed E-state index contributed by atoms with van der Waals surface area (Å²) in [5.74, 6) is 0.213. The van der Waals surface area contributed by atoms with Gasteiger partial charge in [0.05, 0.1) is 26.0 Å². The summed E-state index contributed by atoms with van der Waals surface area (Å²) in [5, 5.41) is 9.99. The minimum Gasteiger partial charge on any atom is -0.490 e. The van der Waals surface area contributed by atoms with Gasteiger partial charge in [-0.15, -0.1) is 0 Å². The molecule has 0 saturated carbocycles. The van der Waals surface area contributed by atoms with Crippen LogP contribution < -0.4 is 20.9 Å². The Balaban J connectivity index is 1.66. The van der Waals surface area contributed by atoms with Gasteiger partial charge in [-0.1, -0.05) is 6.07 Å². The standard InChI is InChI=1S/C20H27N5O4/c1-3-29-17-14-22-24(2)20(27)18(17)23-16-6-4-5-15(13-16)19(26)21-7-8-25-9-11-28-12-10-25/h4-6,13-14,23H,3,7-12H2,1-2H3,(H,21,26). The fraction of sp³-hybridized carbons (Fsp3) is 0.450. The molecule has 1 aromatic carbocycles. The van der Waals surface area contributed by atoms with E-state index in [0.717, 1.165) is 32.8 Å². The molecule has 2 heterocycles. The number of benzene rings is 1. The van der Waals surface area contributed by atoms with Crippen LogP contribution in [-0.4, -0.2) is 66.6 Å². The van der Waals surface area contributed by atoms with Crippen molar-refractivity contribution in [1.82, 2.24) is 20.0 Å². The van der Waals surface area contributed by atoms with Gasteiger partial charge >= 0.3 is 0 Å². The van der Waals surface area contributed by atoms with Crippen molar-refractivity contribution in [2.75, 3.05) is 51.3 Å². The first-order valence-corrected chi connectivity index (χ1v) is 9.73. The summed E-state index contributed by atoms with van der Waals surface area (Å²) in [5.41, 5.74) is 1.11. The number of morpholine rings is 1. The third-order valence-electron chi connectivity index (χ3n) is 4.61. The van der Waals surface area contributed by atoms with Crippen LogP contribution in [0.1, 0.15) is 17.3 Å². The van der Waals surface area contributed by atoms with E-state index in [1.54, 1.807) is 31.3 Å². The Kier molecular flexibility index (Phi) is 7.20.